The maximum atomic E-state index is 12.4. The molecular formula is C14H21N3O4S. The van der Waals surface area contributed by atoms with Gasteiger partial charge in [0.05, 0.1) is 12.8 Å². The van der Waals surface area contributed by atoms with Crippen LogP contribution in [0.25, 0.3) is 0 Å². The van der Waals surface area contributed by atoms with Gasteiger partial charge in [-0.2, -0.15) is 12.7 Å². The molecule has 1 fully saturated rings. The second-order valence-corrected chi connectivity index (χ2v) is 6.83. The molecule has 22 heavy (non-hydrogen) atoms. The number of hydrogen-bond acceptors (Lipinski definition) is 4. The molecule has 1 aromatic carbocycles. The lowest BCUT2D eigenvalue weighted by atomic mass is 10.2. The molecular weight excluding hydrogens is 306 g/mol. The van der Waals surface area contributed by atoms with Crippen LogP contribution in [0, 0.1) is 0 Å². The van der Waals surface area contributed by atoms with Crippen molar-refractivity contribution in [1.29, 1.82) is 0 Å². The number of rotatable bonds is 5. The van der Waals surface area contributed by atoms with Crippen molar-refractivity contribution in [2.24, 2.45) is 0 Å². The van der Waals surface area contributed by atoms with Gasteiger partial charge in [0, 0.05) is 25.7 Å². The third kappa shape index (κ3) is 4.11. The summed E-state index contributed by atoms with van der Waals surface area (Å²) >= 11 is 0. The summed E-state index contributed by atoms with van der Waals surface area (Å²) in [5.41, 5.74) is 0.809. The summed E-state index contributed by atoms with van der Waals surface area (Å²) in [5, 5.41) is 2.62. The summed E-state index contributed by atoms with van der Waals surface area (Å²) in [7, 11) is -2.16. The van der Waals surface area contributed by atoms with Crippen LogP contribution in [0.4, 0.5) is 11.4 Å². The van der Waals surface area contributed by atoms with Gasteiger partial charge in [0.25, 0.3) is 0 Å². The van der Waals surface area contributed by atoms with Gasteiger partial charge < -0.3 is 10.1 Å². The number of nitrogens with one attached hydrogen (secondary N) is 2. The zero-order valence-corrected chi connectivity index (χ0v) is 13.6. The van der Waals surface area contributed by atoms with Crippen molar-refractivity contribution in [3.63, 3.8) is 0 Å². The van der Waals surface area contributed by atoms with E-state index in [9.17, 15) is 13.2 Å². The number of hydrogen-bond donors (Lipinski definition) is 2. The van der Waals surface area contributed by atoms with Crippen LogP contribution in [0.3, 0.4) is 0 Å². The molecule has 2 N–H and O–H groups in total. The molecule has 0 spiro atoms. The van der Waals surface area contributed by atoms with Crippen LogP contribution in [-0.2, 0) is 15.0 Å². The lowest BCUT2D eigenvalue weighted by molar-refractivity contribution is -0.114. The fourth-order valence-electron chi connectivity index (χ4n) is 2.38. The van der Waals surface area contributed by atoms with Crippen LogP contribution in [0.5, 0.6) is 5.75 Å². The normalized spacial score (nSPS) is 16.1. The Hall–Kier alpha value is -1.80. The van der Waals surface area contributed by atoms with Gasteiger partial charge in [0.1, 0.15) is 5.75 Å². The van der Waals surface area contributed by atoms with Crippen LogP contribution in [0.15, 0.2) is 18.2 Å². The highest BCUT2D eigenvalue weighted by atomic mass is 32.2. The Balaban J connectivity index is 2.24. The van der Waals surface area contributed by atoms with Crippen molar-refractivity contribution in [2.45, 2.75) is 26.2 Å². The fraction of sp³-hybridized carbons (Fsp3) is 0.500. The fourth-order valence-corrected chi connectivity index (χ4v) is 3.68. The van der Waals surface area contributed by atoms with Crippen LogP contribution in [0.2, 0.25) is 0 Å². The molecule has 2 rings (SSSR count). The zero-order chi connectivity index (χ0) is 16.2. The minimum absolute atomic E-state index is 0.227. The Morgan fingerprint density at radius 3 is 2.50 bits per heavy atom. The second kappa shape index (κ2) is 6.97. The smallest absolute Gasteiger partial charge is 0.301 e. The summed E-state index contributed by atoms with van der Waals surface area (Å²) in [4.78, 5) is 11.1. The van der Waals surface area contributed by atoms with E-state index in [2.05, 4.69) is 10.0 Å². The van der Waals surface area contributed by atoms with Gasteiger partial charge in [0.2, 0.25) is 5.91 Å². The lowest BCUT2D eigenvalue weighted by Crippen LogP contribution is -2.39. The summed E-state index contributed by atoms with van der Waals surface area (Å²) in [6, 6.07) is 4.81. The maximum absolute atomic E-state index is 12.4. The molecule has 0 radical (unpaired) electrons. The first-order valence-electron chi connectivity index (χ1n) is 7.16. The molecule has 7 nitrogen and oxygen atoms in total. The van der Waals surface area contributed by atoms with Gasteiger partial charge in [-0.3, -0.25) is 9.52 Å². The number of carbonyl (C=O) groups is 1. The molecule has 1 heterocycles. The monoisotopic (exact) mass is 327 g/mol. The maximum Gasteiger partial charge on any atom is 0.301 e. The van der Waals surface area contributed by atoms with Gasteiger partial charge in [-0.25, -0.2) is 0 Å². The number of benzene rings is 1. The average Bonchev–Trinajstić information content (AvgIpc) is 2.47. The van der Waals surface area contributed by atoms with Crippen molar-refractivity contribution in [2.75, 3.05) is 30.2 Å². The van der Waals surface area contributed by atoms with Crippen LogP contribution in [0.1, 0.15) is 26.2 Å². The second-order valence-electron chi connectivity index (χ2n) is 5.16. The first-order valence-corrected chi connectivity index (χ1v) is 8.60. The first kappa shape index (κ1) is 16.6. The molecule has 0 unspecified atom stereocenters. The molecule has 122 valence electrons. The molecule has 0 aromatic heterocycles. The standard InChI is InChI=1S/C14H21N3O4S/c1-11(18)15-12-6-7-14(21-2)13(10-12)16-22(19,20)17-8-4-3-5-9-17/h6-7,10,16H,3-5,8-9H2,1-2H3,(H,15,18). The minimum atomic E-state index is -3.62. The molecule has 1 amide bonds. The van der Waals surface area contributed by atoms with E-state index in [1.54, 1.807) is 18.2 Å². The number of nitrogens with zero attached hydrogens (tertiary/aromatic N) is 1. The third-order valence-electron chi connectivity index (χ3n) is 3.41. The van der Waals surface area contributed by atoms with E-state index in [-0.39, 0.29) is 5.91 Å². The Labute approximate surface area is 130 Å². The van der Waals surface area contributed by atoms with E-state index in [0.717, 1.165) is 19.3 Å². The van der Waals surface area contributed by atoms with E-state index in [0.29, 0.717) is 30.2 Å². The Kier molecular flexibility index (Phi) is 5.25. The molecule has 1 aliphatic heterocycles. The lowest BCUT2D eigenvalue weighted by Gasteiger charge is -2.26. The topological polar surface area (TPSA) is 87.7 Å². The molecule has 1 saturated heterocycles. The highest BCUT2D eigenvalue weighted by Crippen LogP contribution is 2.29. The highest BCUT2D eigenvalue weighted by Gasteiger charge is 2.24. The van der Waals surface area contributed by atoms with E-state index in [4.69, 9.17) is 4.74 Å². The third-order valence-corrected chi connectivity index (χ3v) is 4.94. The SMILES string of the molecule is COc1ccc(NC(C)=O)cc1NS(=O)(=O)N1CCCCC1. The summed E-state index contributed by atoms with van der Waals surface area (Å²) in [6.07, 6.45) is 2.78. The van der Waals surface area contributed by atoms with E-state index < -0.39 is 10.2 Å². The van der Waals surface area contributed by atoms with E-state index in [1.807, 2.05) is 0 Å². The number of amides is 1. The summed E-state index contributed by atoms with van der Waals surface area (Å²) in [5.74, 6) is 0.171. The molecule has 8 heteroatoms. The zero-order valence-electron chi connectivity index (χ0n) is 12.8. The van der Waals surface area contributed by atoms with Gasteiger partial charge in [-0.05, 0) is 31.0 Å². The number of anilines is 2. The molecule has 0 bridgehead atoms. The Bertz CT molecular complexity index is 639. The Morgan fingerprint density at radius 1 is 1.23 bits per heavy atom. The first-order chi connectivity index (χ1) is 10.4. The van der Waals surface area contributed by atoms with Crippen LogP contribution >= 0.6 is 0 Å². The van der Waals surface area contributed by atoms with E-state index in [1.165, 1.54) is 18.3 Å². The van der Waals surface area contributed by atoms with Gasteiger partial charge >= 0.3 is 10.2 Å². The van der Waals surface area contributed by atoms with Crippen molar-refractivity contribution in [3.05, 3.63) is 18.2 Å². The molecule has 0 saturated carbocycles. The molecule has 0 aliphatic carbocycles. The minimum Gasteiger partial charge on any atom is -0.495 e. The number of methoxy groups -OCH3 is 1. The largest absolute Gasteiger partial charge is 0.495 e. The highest BCUT2D eigenvalue weighted by molar-refractivity contribution is 7.90. The van der Waals surface area contributed by atoms with Crippen molar-refractivity contribution in [3.8, 4) is 5.75 Å². The van der Waals surface area contributed by atoms with Crippen LogP contribution < -0.4 is 14.8 Å². The number of piperidine rings is 1. The van der Waals surface area contributed by atoms with Crippen LogP contribution in [-0.4, -0.2) is 38.8 Å². The predicted octanol–water partition coefficient (Wildman–Crippen LogP) is 1.80. The van der Waals surface area contributed by atoms with Crippen molar-refractivity contribution in [1.82, 2.24) is 4.31 Å². The van der Waals surface area contributed by atoms with Crippen molar-refractivity contribution < 1.29 is 17.9 Å². The number of ether oxygens (including phenoxy) is 1. The van der Waals surface area contributed by atoms with Gasteiger partial charge in [-0.1, -0.05) is 6.42 Å². The molecule has 0 atom stereocenters. The quantitative estimate of drug-likeness (QED) is 0.863. The predicted molar refractivity (Wildman–Crippen MR) is 85.3 cm³/mol. The summed E-state index contributed by atoms with van der Waals surface area (Å²) in [6.45, 7) is 2.42. The average molecular weight is 327 g/mol. The van der Waals surface area contributed by atoms with Crippen molar-refractivity contribution >= 4 is 27.5 Å². The number of carbonyl (C=O) groups excluding carboxylic acids is 1. The molecule has 1 aromatic rings. The summed E-state index contributed by atoms with van der Waals surface area (Å²) < 4.78 is 34.0. The van der Waals surface area contributed by atoms with E-state index >= 15 is 0 Å². The Morgan fingerprint density at radius 2 is 1.91 bits per heavy atom. The van der Waals surface area contributed by atoms with Gasteiger partial charge in [0.15, 0.2) is 0 Å². The molecule has 1 aliphatic rings. The van der Waals surface area contributed by atoms with Gasteiger partial charge in [-0.15, -0.1) is 0 Å².